The van der Waals surface area contributed by atoms with Gasteiger partial charge in [0, 0.05) is 5.56 Å². The van der Waals surface area contributed by atoms with Gasteiger partial charge in [0.05, 0.1) is 18.8 Å². The van der Waals surface area contributed by atoms with Crippen LogP contribution in [0.25, 0.3) is 6.08 Å². The van der Waals surface area contributed by atoms with Crippen LogP contribution in [0.4, 0.5) is 13.2 Å². The highest BCUT2D eigenvalue weighted by Gasteiger charge is 2.32. The van der Waals surface area contributed by atoms with Gasteiger partial charge in [-0.1, -0.05) is 12.7 Å². The molecule has 92 valence electrons. The number of ether oxygens (including phenoxy) is 2. The summed E-state index contributed by atoms with van der Waals surface area (Å²) in [7, 11) is 0. The van der Waals surface area contributed by atoms with E-state index in [9.17, 15) is 13.2 Å². The van der Waals surface area contributed by atoms with E-state index < -0.39 is 18.0 Å². The minimum Gasteiger partial charge on any atom is -0.346 e. The van der Waals surface area contributed by atoms with Gasteiger partial charge in [-0.2, -0.15) is 13.2 Å². The summed E-state index contributed by atoms with van der Waals surface area (Å²) in [6, 6.07) is 3.67. The molecule has 0 spiro atoms. The second-order valence-corrected chi connectivity index (χ2v) is 3.66. The molecule has 1 saturated heterocycles. The molecule has 1 aromatic rings. The van der Waals surface area contributed by atoms with Crippen LogP contribution >= 0.6 is 0 Å². The summed E-state index contributed by atoms with van der Waals surface area (Å²) in [5.74, 6) is 0. The van der Waals surface area contributed by atoms with Crippen molar-refractivity contribution in [1.29, 1.82) is 0 Å². The van der Waals surface area contributed by atoms with E-state index in [1.165, 1.54) is 6.08 Å². The molecule has 1 aromatic carbocycles. The Bertz CT molecular complexity index is 420. The van der Waals surface area contributed by atoms with Crippen LogP contribution in [-0.2, 0) is 15.7 Å². The minimum absolute atomic E-state index is 0.368. The summed E-state index contributed by atoms with van der Waals surface area (Å²) in [5, 5.41) is 0. The maximum atomic E-state index is 12.7. The van der Waals surface area contributed by atoms with E-state index >= 15 is 0 Å². The van der Waals surface area contributed by atoms with Crippen molar-refractivity contribution in [2.45, 2.75) is 12.5 Å². The van der Waals surface area contributed by atoms with E-state index in [2.05, 4.69) is 6.58 Å². The molecule has 0 saturated carbocycles. The molecule has 0 N–H and O–H groups in total. The van der Waals surface area contributed by atoms with Crippen LogP contribution in [0.2, 0.25) is 0 Å². The monoisotopic (exact) mass is 244 g/mol. The van der Waals surface area contributed by atoms with Gasteiger partial charge in [0.25, 0.3) is 0 Å². The average molecular weight is 244 g/mol. The highest BCUT2D eigenvalue weighted by atomic mass is 19.4. The van der Waals surface area contributed by atoms with E-state index in [-0.39, 0.29) is 0 Å². The van der Waals surface area contributed by atoms with Crippen molar-refractivity contribution in [2.75, 3.05) is 13.2 Å². The Hall–Kier alpha value is -1.33. The first-order chi connectivity index (χ1) is 8.00. The van der Waals surface area contributed by atoms with Crippen molar-refractivity contribution in [2.24, 2.45) is 0 Å². The van der Waals surface area contributed by atoms with Gasteiger partial charge in [-0.15, -0.1) is 0 Å². The van der Waals surface area contributed by atoms with Crippen molar-refractivity contribution in [3.8, 4) is 0 Å². The lowest BCUT2D eigenvalue weighted by atomic mass is 10.0. The topological polar surface area (TPSA) is 18.5 Å². The van der Waals surface area contributed by atoms with Crippen LogP contribution in [0.1, 0.15) is 23.0 Å². The molecule has 5 heteroatoms. The average Bonchev–Trinajstić information content (AvgIpc) is 2.80. The third kappa shape index (κ3) is 2.68. The minimum atomic E-state index is -4.38. The Balaban J connectivity index is 2.41. The molecule has 0 aliphatic carbocycles. The normalized spacial score (nSPS) is 17.4. The van der Waals surface area contributed by atoms with Gasteiger partial charge in [-0.25, -0.2) is 0 Å². The third-order valence-corrected chi connectivity index (χ3v) is 2.43. The van der Waals surface area contributed by atoms with E-state index in [0.717, 1.165) is 12.1 Å². The number of benzene rings is 1. The van der Waals surface area contributed by atoms with Gasteiger partial charge in [0.15, 0.2) is 6.29 Å². The molecule has 1 heterocycles. The molecule has 1 aliphatic heterocycles. The molecular weight excluding hydrogens is 233 g/mol. The van der Waals surface area contributed by atoms with Gasteiger partial charge in [0.2, 0.25) is 0 Å². The van der Waals surface area contributed by atoms with E-state index in [0.29, 0.717) is 24.3 Å². The van der Waals surface area contributed by atoms with E-state index in [1.807, 2.05) is 0 Å². The number of alkyl halides is 3. The predicted octanol–water partition coefficient (Wildman–Crippen LogP) is 3.39. The van der Waals surface area contributed by atoms with E-state index in [1.54, 1.807) is 6.07 Å². The molecule has 1 aliphatic rings. The van der Waals surface area contributed by atoms with Crippen molar-refractivity contribution in [3.63, 3.8) is 0 Å². The molecular formula is C12H11F3O2. The molecule has 17 heavy (non-hydrogen) atoms. The van der Waals surface area contributed by atoms with Crippen molar-refractivity contribution in [3.05, 3.63) is 41.5 Å². The second kappa shape index (κ2) is 4.50. The molecule has 0 unspecified atom stereocenters. The van der Waals surface area contributed by atoms with Crippen LogP contribution in [-0.4, -0.2) is 13.2 Å². The first-order valence-electron chi connectivity index (χ1n) is 5.08. The fourth-order valence-electron chi connectivity index (χ4n) is 1.65. The zero-order valence-electron chi connectivity index (χ0n) is 8.96. The molecule has 0 amide bonds. The van der Waals surface area contributed by atoms with Crippen LogP contribution in [0.15, 0.2) is 24.8 Å². The van der Waals surface area contributed by atoms with Gasteiger partial charge >= 0.3 is 6.18 Å². The highest BCUT2D eigenvalue weighted by molar-refractivity contribution is 5.50. The van der Waals surface area contributed by atoms with Crippen molar-refractivity contribution < 1.29 is 22.6 Å². The summed E-state index contributed by atoms with van der Waals surface area (Å²) >= 11 is 0. The predicted molar refractivity (Wildman–Crippen MR) is 56.2 cm³/mol. The maximum absolute atomic E-state index is 12.7. The maximum Gasteiger partial charge on any atom is 0.416 e. The van der Waals surface area contributed by atoms with Crippen LogP contribution in [0, 0.1) is 0 Å². The first kappa shape index (κ1) is 12.1. The van der Waals surface area contributed by atoms with Crippen molar-refractivity contribution >= 4 is 6.08 Å². The van der Waals surface area contributed by atoms with Crippen LogP contribution < -0.4 is 0 Å². The summed E-state index contributed by atoms with van der Waals surface area (Å²) in [5.41, 5.74) is 0.0464. The van der Waals surface area contributed by atoms with Gasteiger partial charge in [-0.05, 0) is 23.8 Å². The molecule has 0 atom stereocenters. The molecule has 0 bridgehead atoms. The molecule has 1 fully saturated rings. The zero-order chi connectivity index (χ0) is 12.5. The lowest BCUT2D eigenvalue weighted by Crippen LogP contribution is -2.08. The quantitative estimate of drug-likeness (QED) is 0.793. The zero-order valence-corrected chi connectivity index (χ0v) is 8.96. The summed E-state index contributed by atoms with van der Waals surface area (Å²) in [4.78, 5) is 0. The number of hydrogen-bond acceptors (Lipinski definition) is 2. The third-order valence-electron chi connectivity index (χ3n) is 2.43. The standard InChI is InChI=1S/C12H11F3O2/c1-2-8-5-9(11-16-3-4-17-11)7-10(6-8)12(13,14)15/h2,5-7,11H,1,3-4H2. The highest BCUT2D eigenvalue weighted by Crippen LogP contribution is 2.34. The fraction of sp³-hybridized carbons (Fsp3) is 0.333. The Morgan fingerprint density at radius 3 is 2.35 bits per heavy atom. The van der Waals surface area contributed by atoms with Crippen LogP contribution in [0.3, 0.4) is 0 Å². The molecule has 0 aromatic heterocycles. The Kier molecular flexibility index (Phi) is 3.22. The fourth-order valence-corrected chi connectivity index (χ4v) is 1.65. The smallest absolute Gasteiger partial charge is 0.346 e. The van der Waals surface area contributed by atoms with Crippen LogP contribution in [0.5, 0.6) is 0 Å². The van der Waals surface area contributed by atoms with Gasteiger partial charge in [-0.3, -0.25) is 0 Å². The lowest BCUT2D eigenvalue weighted by molar-refractivity contribution is -0.137. The number of rotatable bonds is 2. The summed E-state index contributed by atoms with van der Waals surface area (Å²) < 4.78 is 48.3. The summed E-state index contributed by atoms with van der Waals surface area (Å²) in [6.45, 7) is 4.26. The number of halogens is 3. The second-order valence-electron chi connectivity index (χ2n) is 3.66. The summed E-state index contributed by atoms with van der Waals surface area (Å²) in [6.07, 6.45) is -3.73. The number of hydrogen-bond donors (Lipinski definition) is 0. The van der Waals surface area contributed by atoms with Gasteiger partial charge < -0.3 is 9.47 Å². The molecule has 2 rings (SSSR count). The Morgan fingerprint density at radius 2 is 1.82 bits per heavy atom. The van der Waals surface area contributed by atoms with Crippen molar-refractivity contribution in [1.82, 2.24) is 0 Å². The molecule has 2 nitrogen and oxygen atoms in total. The molecule has 0 radical (unpaired) electrons. The largest absolute Gasteiger partial charge is 0.416 e. The Labute approximate surface area is 96.6 Å². The lowest BCUT2D eigenvalue weighted by Gasteiger charge is -2.14. The SMILES string of the molecule is C=Cc1cc(C2OCCO2)cc(C(F)(F)F)c1. The first-order valence-corrected chi connectivity index (χ1v) is 5.08. The van der Waals surface area contributed by atoms with E-state index in [4.69, 9.17) is 9.47 Å². The Morgan fingerprint density at radius 1 is 1.18 bits per heavy atom. The van der Waals surface area contributed by atoms with Gasteiger partial charge in [0.1, 0.15) is 0 Å².